The number of carboxylic acid groups (broad SMARTS) is 1. The number of imide groups is 1. The molecule has 7 nitrogen and oxygen atoms in total. The number of nitrogens with zero attached hydrogens (tertiary/aromatic N) is 1. The van der Waals surface area contributed by atoms with Crippen molar-refractivity contribution < 1.29 is 19.5 Å². The van der Waals surface area contributed by atoms with Crippen molar-refractivity contribution in [2.75, 3.05) is 26.7 Å². The van der Waals surface area contributed by atoms with Crippen LogP contribution in [0.4, 0.5) is 4.79 Å². The molecule has 0 aromatic rings. The van der Waals surface area contributed by atoms with Crippen molar-refractivity contribution in [2.24, 2.45) is 11.8 Å². The number of likely N-dealkylation sites (N-methyl/N-ethyl adjacent to an activating group) is 1. The molecule has 0 aliphatic heterocycles. The number of nitrogens with one attached hydrogen (secondary N) is 2. The first kappa shape index (κ1) is 17.4. The highest BCUT2D eigenvalue weighted by Crippen LogP contribution is 1.97. The van der Waals surface area contributed by atoms with Crippen LogP contribution in [-0.4, -0.2) is 54.6 Å². The van der Waals surface area contributed by atoms with Gasteiger partial charge in [-0.25, -0.2) is 4.79 Å². The zero-order valence-corrected chi connectivity index (χ0v) is 11.9. The van der Waals surface area contributed by atoms with Crippen molar-refractivity contribution in [2.45, 2.75) is 20.8 Å². The van der Waals surface area contributed by atoms with Crippen LogP contribution in [0.25, 0.3) is 0 Å². The van der Waals surface area contributed by atoms with Gasteiger partial charge in [0.05, 0.1) is 12.5 Å². The predicted octanol–water partition coefficient (Wildman–Crippen LogP) is 0.121. The van der Waals surface area contributed by atoms with Crippen LogP contribution in [0.3, 0.4) is 0 Å². The molecule has 3 amide bonds. The van der Waals surface area contributed by atoms with Gasteiger partial charge in [-0.1, -0.05) is 20.8 Å². The minimum absolute atomic E-state index is 0.0211. The number of hydrogen-bond donors (Lipinski definition) is 3. The monoisotopic (exact) mass is 273 g/mol. The van der Waals surface area contributed by atoms with Crippen LogP contribution in [0.1, 0.15) is 20.8 Å². The van der Waals surface area contributed by atoms with E-state index < -0.39 is 23.8 Å². The largest absolute Gasteiger partial charge is 0.481 e. The number of amides is 3. The van der Waals surface area contributed by atoms with Gasteiger partial charge in [0.25, 0.3) is 0 Å². The molecule has 7 heteroatoms. The summed E-state index contributed by atoms with van der Waals surface area (Å²) in [7, 11) is 1.63. The standard InChI is InChI=1S/C12H23N3O4/c1-8(2)5-13-12(19)14-10(16)7-15(4)6-9(3)11(17)18/h8-9H,5-7H2,1-4H3,(H,17,18)(H2,13,14,16,19). The number of urea groups is 1. The average Bonchev–Trinajstić information content (AvgIpc) is 2.25. The highest BCUT2D eigenvalue weighted by Gasteiger charge is 2.16. The van der Waals surface area contributed by atoms with Gasteiger partial charge in [0.1, 0.15) is 0 Å². The molecule has 0 aliphatic rings. The van der Waals surface area contributed by atoms with E-state index in [1.165, 1.54) is 0 Å². The Labute approximate surface area is 113 Å². The van der Waals surface area contributed by atoms with Crippen LogP contribution in [0.5, 0.6) is 0 Å². The first-order valence-corrected chi connectivity index (χ1v) is 6.21. The van der Waals surface area contributed by atoms with E-state index in [4.69, 9.17) is 5.11 Å². The number of hydrogen-bond acceptors (Lipinski definition) is 4. The first-order chi connectivity index (χ1) is 8.72. The fourth-order valence-corrected chi connectivity index (χ4v) is 1.36. The lowest BCUT2D eigenvalue weighted by Crippen LogP contribution is -2.45. The molecule has 0 aromatic carbocycles. The Kier molecular flexibility index (Phi) is 7.74. The number of rotatable bonds is 7. The van der Waals surface area contributed by atoms with Crippen molar-refractivity contribution in [3.8, 4) is 0 Å². The molecule has 0 fully saturated rings. The molecular formula is C12H23N3O4. The molecule has 0 saturated heterocycles. The van der Waals surface area contributed by atoms with Crippen LogP contribution in [-0.2, 0) is 9.59 Å². The van der Waals surface area contributed by atoms with Gasteiger partial charge >= 0.3 is 12.0 Å². The van der Waals surface area contributed by atoms with E-state index in [2.05, 4.69) is 10.6 Å². The van der Waals surface area contributed by atoms with Crippen molar-refractivity contribution in [3.63, 3.8) is 0 Å². The van der Waals surface area contributed by atoms with Gasteiger partial charge in [0.15, 0.2) is 0 Å². The maximum absolute atomic E-state index is 11.5. The van der Waals surface area contributed by atoms with Gasteiger partial charge in [0, 0.05) is 13.1 Å². The summed E-state index contributed by atoms with van der Waals surface area (Å²) in [6.07, 6.45) is 0. The smallest absolute Gasteiger partial charge is 0.321 e. The quantitative estimate of drug-likeness (QED) is 0.612. The topological polar surface area (TPSA) is 98.7 Å². The second-order valence-electron chi connectivity index (χ2n) is 5.09. The molecular weight excluding hydrogens is 250 g/mol. The van der Waals surface area contributed by atoms with Gasteiger partial charge in [-0.05, 0) is 13.0 Å². The number of aliphatic carboxylic acids is 1. The molecule has 0 radical (unpaired) electrons. The summed E-state index contributed by atoms with van der Waals surface area (Å²) in [5.74, 6) is -1.63. The first-order valence-electron chi connectivity index (χ1n) is 6.21. The van der Waals surface area contributed by atoms with Crippen molar-refractivity contribution in [1.29, 1.82) is 0 Å². The molecule has 1 unspecified atom stereocenters. The Morgan fingerprint density at radius 3 is 2.26 bits per heavy atom. The van der Waals surface area contributed by atoms with Crippen LogP contribution < -0.4 is 10.6 Å². The van der Waals surface area contributed by atoms with Crippen molar-refractivity contribution in [3.05, 3.63) is 0 Å². The van der Waals surface area contributed by atoms with E-state index >= 15 is 0 Å². The fourth-order valence-electron chi connectivity index (χ4n) is 1.36. The van der Waals surface area contributed by atoms with E-state index in [1.807, 2.05) is 13.8 Å². The normalized spacial score (nSPS) is 12.3. The molecule has 0 aromatic heterocycles. The second kappa shape index (κ2) is 8.47. The van der Waals surface area contributed by atoms with Gasteiger partial charge in [0.2, 0.25) is 5.91 Å². The Morgan fingerprint density at radius 2 is 1.79 bits per heavy atom. The van der Waals surface area contributed by atoms with Crippen LogP contribution in [0.15, 0.2) is 0 Å². The zero-order chi connectivity index (χ0) is 15.0. The van der Waals surface area contributed by atoms with Gasteiger partial charge in [-0.3, -0.25) is 19.8 Å². The minimum Gasteiger partial charge on any atom is -0.481 e. The second-order valence-corrected chi connectivity index (χ2v) is 5.09. The van der Waals surface area contributed by atoms with Crippen molar-refractivity contribution in [1.82, 2.24) is 15.5 Å². The molecule has 0 heterocycles. The lowest BCUT2D eigenvalue weighted by molar-refractivity contribution is -0.142. The van der Waals surface area contributed by atoms with Crippen LogP contribution >= 0.6 is 0 Å². The molecule has 1 atom stereocenters. The van der Waals surface area contributed by atoms with Gasteiger partial charge < -0.3 is 10.4 Å². The van der Waals surface area contributed by atoms with Gasteiger partial charge in [-0.15, -0.1) is 0 Å². The molecule has 0 spiro atoms. The Balaban J connectivity index is 3.96. The number of carbonyl (C=O) groups excluding carboxylic acids is 2. The number of carbonyl (C=O) groups is 3. The maximum atomic E-state index is 11.5. The summed E-state index contributed by atoms with van der Waals surface area (Å²) in [6.45, 7) is 6.17. The molecule has 0 saturated carbocycles. The maximum Gasteiger partial charge on any atom is 0.321 e. The molecule has 110 valence electrons. The Hall–Kier alpha value is -1.63. The highest BCUT2D eigenvalue weighted by molar-refractivity contribution is 5.95. The lowest BCUT2D eigenvalue weighted by atomic mass is 10.2. The lowest BCUT2D eigenvalue weighted by Gasteiger charge is -2.18. The third-order valence-electron chi connectivity index (χ3n) is 2.34. The average molecular weight is 273 g/mol. The Bertz CT molecular complexity index is 331. The third-order valence-corrected chi connectivity index (χ3v) is 2.34. The van der Waals surface area contributed by atoms with E-state index in [9.17, 15) is 14.4 Å². The summed E-state index contributed by atoms with van der Waals surface area (Å²) < 4.78 is 0. The molecule has 19 heavy (non-hydrogen) atoms. The third kappa shape index (κ3) is 9.01. The SMILES string of the molecule is CC(C)CNC(=O)NC(=O)CN(C)CC(C)C(=O)O. The Morgan fingerprint density at radius 1 is 1.21 bits per heavy atom. The summed E-state index contributed by atoms with van der Waals surface area (Å²) in [5.41, 5.74) is 0. The van der Waals surface area contributed by atoms with E-state index in [0.29, 0.717) is 12.5 Å². The summed E-state index contributed by atoms with van der Waals surface area (Å²) >= 11 is 0. The zero-order valence-electron chi connectivity index (χ0n) is 11.9. The van der Waals surface area contributed by atoms with E-state index in [-0.39, 0.29) is 13.1 Å². The number of carboxylic acids is 1. The summed E-state index contributed by atoms with van der Waals surface area (Å²) in [4.78, 5) is 35.0. The van der Waals surface area contributed by atoms with Crippen LogP contribution in [0, 0.1) is 11.8 Å². The summed E-state index contributed by atoms with van der Waals surface area (Å²) in [5, 5.41) is 13.5. The minimum atomic E-state index is -0.915. The molecule has 0 bridgehead atoms. The fraction of sp³-hybridized carbons (Fsp3) is 0.750. The molecule has 3 N–H and O–H groups in total. The highest BCUT2D eigenvalue weighted by atomic mass is 16.4. The molecule has 0 aliphatic carbocycles. The van der Waals surface area contributed by atoms with Gasteiger partial charge in [-0.2, -0.15) is 0 Å². The van der Waals surface area contributed by atoms with Crippen LogP contribution in [0.2, 0.25) is 0 Å². The molecule has 0 rings (SSSR count). The predicted molar refractivity (Wildman–Crippen MR) is 70.7 cm³/mol. The summed E-state index contributed by atoms with van der Waals surface area (Å²) in [6, 6.07) is -0.529. The van der Waals surface area contributed by atoms with E-state index in [0.717, 1.165) is 0 Å². The van der Waals surface area contributed by atoms with Crippen molar-refractivity contribution >= 4 is 17.9 Å². The van der Waals surface area contributed by atoms with E-state index in [1.54, 1.807) is 18.9 Å².